The van der Waals surface area contributed by atoms with Gasteiger partial charge in [0.1, 0.15) is 17.3 Å². The Bertz CT molecular complexity index is 993. The molecule has 24 heavy (non-hydrogen) atoms. The van der Waals surface area contributed by atoms with E-state index in [-0.39, 0.29) is 5.56 Å². The zero-order valence-electron chi connectivity index (χ0n) is 13.6. The molecule has 0 saturated heterocycles. The summed E-state index contributed by atoms with van der Waals surface area (Å²) < 4.78 is 9.74. The van der Waals surface area contributed by atoms with Crippen LogP contribution in [0, 0.1) is 0 Å². The molecular weight excluding hydrogens is 390 g/mol. The fraction of sp³-hybridized carbons (Fsp3) is 0.412. The van der Waals surface area contributed by atoms with Crippen LogP contribution in [0.15, 0.2) is 21.4 Å². The van der Waals surface area contributed by atoms with Crippen molar-refractivity contribution in [2.45, 2.75) is 19.4 Å². The number of likely N-dealkylation sites (N-methyl/N-ethyl adjacent to an activating group) is 1. The summed E-state index contributed by atoms with van der Waals surface area (Å²) in [5.74, 6) is 1.72. The minimum absolute atomic E-state index is 0.0836. The Hall–Kier alpha value is -1.44. The Balaban J connectivity index is 1.90. The molecule has 0 aliphatic carbocycles. The van der Waals surface area contributed by atoms with Crippen molar-refractivity contribution in [1.82, 2.24) is 14.5 Å². The summed E-state index contributed by atoms with van der Waals surface area (Å²) in [6, 6.07) is 3.94. The average Bonchev–Trinajstić information content (AvgIpc) is 3.13. The number of aryl methyl sites for hydroxylation is 1. The molecule has 2 aromatic heterocycles. The monoisotopic (exact) mass is 407 g/mol. The first kappa shape index (κ1) is 16.1. The molecular formula is C17H18BrN3O2S. The van der Waals surface area contributed by atoms with E-state index < -0.39 is 0 Å². The maximum Gasteiger partial charge on any atom is 0.262 e. The number of halogens is 1. The second-order valence-electron chi connectivity index (χ2n) is 6.28. The predicted octanol–water partition coefficient (Wildman–Crippen LogP) is 3.26. The number of hydrogen-bond donors (Lipinski definition) is 0. The molecule has 126 valence electrons. The Kier molecular flexibility index (Phi) is 4.10. The fourth-order valence-electron chi connectivity index (χ4n) is 3.10. The van der Waals surface area contributed by atoms with E-state index in [4.69, 9.17) is 9.72 Å². The third-order valence-electron chi connectivity index (χ3n) is 4.31. The predicted molar refractivity (Wildman–Crippen MR) is 101 cm³/mol. The first-order valence-electron chi connectivity index (χ1n) is 7.98. The van der Waals surface area contributed by atoms with Gasteiger partial charge >= 0.3 is 0 Å². The lowest BCUT2D eigenvalue weighted by molar-refractivity contribution is 0.263. The fourth-order valence-corrected chi connectivity index (χ4v) is 4.86. The molecule has 0 atom stereocenters. The first-order valence-corrected chi connectivity index (χ1v) is 9.59. The van der Waals surface area contributed by atoms with Gasteiger partial charge in [0.15, 0.2) is 5.75 Å². The van der Waals surface area contributed by atoms with Crippen LogP contribution in [0.4, 0.5) is 0 Å². The van der Waals surface area contributed by atoms with E-state index in [9.17, 15) is 4.79 Å². The molecule has 7 heteroatoms. The van der Waals surface area contributed by atoms with Crippen LogP contribution in [0.1, 0.15) is 12.2 Å². The van der Waals surface area contributed by atoms with E-state index in [1.165, 1.54) is 0 Å². The minimum Gasteiger partial charge on any atom is -0.490 e. The van der Waals surface area contributed by atoms with Crippen LogP contribution >= 0.6 is 27.3 Å². The molecule has 0 radical (unpaired) electrons. The van der Waals surface area contributed by atoms with Gasteiger partial charge in [-0.25, -0.2) is 4.98 Å². The maximum absolute atomic E-state index is 12.9. The summed E-state index contributed by atoms with van der Waals surface area (Å²) in [6.45, 7) is 2.21. The van der Waals surface area contributed by atoms with Crippen LogP contribution in [-0.4, -0.2) is 41.7 Å². The van der Waals surface area contributed by atoms with Crippen molar-refractivity contribution in [2.24, 2.45) is 0 Å². The van der Waals surface area contributed by atoms with E-state index in [1.807, 2.05) is 30.8 Å². The van der Waals surface area contributed by atoms with Gasteiger partial charge in [-0.1, -0.05) is 6.07 Å². The number of ether oxygens (including phenoxy) is 1. The van der Waals surface area contributed by atoms with Crippen molar-refractivity contribution < 1.29 is 4.74 Å². The Morgan fingerprint density at radius 1 is 1.42 bits per heavy atom. The quantitative estimate of drug-likeness (QED) is 0.665. The number of benzene rings is 1. The van der Waals surface area contributed by atoms with E-state index in [0.29, 0.717) is 6.61 Å². The molecule has 0 amide bonds. The zero-order valence-corrected chi connectivity index (χ0v) is 16.0. The molecule has 0 fully saturated rings. The summed E-state index contributed by atoms with van der Waals surface area (Å²) in [4.78, 5) is 20.5. The molecule has 3 heterocycles. The molecule has 5 nitrogen and oxygen atoms in total. The van der Waals surface area contributed by atoms with E-state index in [0.717, 1.165) is 62.3 Å². The topological polar surface area (TPSA) is 47.4 Å². The summed E-state index contributed by atoms with van der Waals surface area (Å²) in [5.41, 5.74) is 0.0836. The molecule has 1 aromatic carbocycles. The summed E-state index contributed by atoms with van der Waals surface area (Å²) >= 11 is 5.13. The number of nitrogens with zero attached hydrogens (tertiary/aromatic N) is 3. The minimum atomic E-state index is 0.0836. The van der Waals surface area contributed by atoms with Crippen molar-refractivity contribution in [3.63, 3.8) is 0 Å². The number of fused-ring (bicyclic) bond motifs is 4. The van der Waals surface area contributed by atoms with E-state index >= 15 is 0 Å². The third-order valence-corrected chi connectivity index (χ3v) is 6.04. The number of aromatic nitrogens is 2. The lowest BCUT2D eigenvalue weighted by Crippen LogP contribution is -2.20. The lowest BCUT2D eigenvalue weighted by atomic mass is 10.2. The van der Waals surface area contributed by atoms with Crippen molar-refractivity contribution >= 4 is 47.6 Å². The van der Waals surface area contributed by atoms with Gasteiger partial charge in [-0.3, -0.25) is 9.36 Å². The highest BCUT2D eigenvalue weighted by molar-refractivity contribution is 9.10. The zero-order chi connectivity index (χ0) is 16.8. The highest BCUT2D eigenvalue weighted by atomic mass is 79.9. The van der Waals surface area contributed by atoms with Crippen LogP contribution < -0.4 is 10.3 Å². The normalized spacial score (nSPS) is 14.0. The summed E-state index contributed by atoms with van der Waals surface area (Å²) in [5, 5.41) is 1.67. The van der Waals surface area contributed by atoms with Crippen molar-refractivity contribution in [3.05, 3.63) is 32.8 Å². The van der Waals surface area contributed by atoms with Gasteiger partial charge < -0.3 is 9.64 Å². The molecule has 1 aliphatic rings. The van der Waals surface area contributed by atoms with Gasteiger partial charge in [-0.05, 0) is 42.5 Å². The molecule has 3 aromatic rings. The summed E-state index contributed by atoms with van der Waals surface area (Å²) in [6.07, 6.45) is 1.89. The highest BCUT2D eigenvalue weighted by Gasteiger charge is 2.21. The molecule has 4 rings (SSSR count). The van der Waals surface area contributed by atoms with Crippen LogP contribution in [-0.2, 0) is 13.0 Å². The second-order valence-corrected chi connectivity index (χ2v) is 8.13. The Morgan fingerprint density at radius 2 is 2.25 bits per heavy atom. The smallest absolute Gasteiger partial charge is 0.262 e. The largest absolute Gasteiger partial charge is 0.490 e. The average molecular weight is 408 g/mol. The van der Waals surface area contributed by atoms with E-state index in [1.54, 1.807) is 11.3 Å². The Labute approximate surface area is 152 Å². The van der Waals surface area contributed by atoms with Crippen LogP contribution in [0.2, 0.25) is 0 Å². The molecule has 0 saturated carbocycles. The van der Waals surface area contributed by atoms with E-state index in [2.05, 4.69) is 20.8 Å². The van der Waals surface area contributed by atoms with Crippen LogP contribution in [0.5, 0.6) is 5.75 Å². The molecule has 0 spiro atoms. The molecule has 0 bridgehead atoms. The number of hydrogen-bond acceptors (Lipinski definition) is 5. The van der Waals surface area contributed by atoms with Crippen molar-refractivity contribution in [3.8, 4) is 5.75 Å². The standard InChI is InChI=1S/C17H18BrN3O2S/c1-20(2)8-9-23-14-11(18)6-5-10-13-16(24-15(10)14)19-12-4-3-7-21(12)17(13)22/h5-6H,3-4,7-9H2,1-2H3. The van der Waals surface area contributed by atoms with Gasteiger partial charge in [0.25, 0.3) is 5.56 Å². The number of rotatable bonds is 4. The van der Waals surface area contributed by atoms with Crippen molar-refractivity contribution in [1.29, 1.82) is 0 Å². The van der Waals surface area contributed by atoms with Gasteiger partial charge in [0, 0.05) is 24.9 Å². The summed E-state index contributed by atoms with van der Waals surface area (Å²) in [7, 11) is 4.04. The van der Waals surface area contributed by atoms with Gasteiger partial charge in [0.05, 0.1) is 14.6 Å². The van der Waals surface area contributed by atoms with Gasteiger partial charge in [-0.15, -0.1) is 11.3 Å². The van der Waals surface area contributed by atoms with Gasteiger partial charge in [-0.2, -0.15) is 0 Å². The molecule has 1 aliphatic heterocycles. The first-order chi connectivity index (χ1) is 11.6. The van der Waals surface area contributed by atoms with Crippen molar-refractivity contribution in [2.75, 3.05) is 27.2 Å². The van der Waals surface area contributed by atoms with Crippen LogP contribution in [0.3, 0.4) is 0 Å². The third kappa shape index (κ3) is 2.55. The number of thiophene rings is 1. The maximum atomic E-state index is 12.9. The molecule has 0 N–H and O–H groups in total. The van der Waals surface area contributed by atoms with Crippen LogP contribution in [0.25, 0.3) is 20.3 Å². The second kappa shape index (κ2) is 6.13. The molecule has 0 unspecified atom stereocenters. The highest BCUT2D eigenvalue weighted by Crippen LogP contribution is 2.41. The SMILES string of the molecule is CN(C)CCOc1c(Br)ccc2c1sc1nc3n(c(=O)c12)CCC3. The lowest BCUT2D eigenvalue weighted by Gasteiger charge is -2.12. The van der Waals surface area contributed by atoms with Gasteiger partial charge in [0.2, 0.25) is 0 Å². The Morgan fingerprint density at radius 3 is 3.04 bits per heavy atom.